The normalized spacial score (nSPS) is 10.5. The Morgan fingerprint density at radius 3 is 2.88 bits per heavy atom. The number of aryl methyl sites for hydroxylation is 1. The number of hydrogen-bond acceptors (Lipinski definition) is 5. The van der Waals surface area contributed by atoms with Gasteiger partial charge in [0.1, 0.15) is 5.76 Å². The maximum atomic E-state index is 5.23. The largest absolute Gasteiger partial charge is 0.469 e. The lowest BCUT2D eigenvalue weighted by molar-refractivity contribution is 0.530. The number of rotatable bonds is 5. The van der Waals surface area contributed by atoms with Gasteiger partial charge < -0.3 is 14.6 Å². The van der Waals surface area contributed by atoms with Crippen molar-refractivity contribution in [1.82, 2.24) is 15.2 Å². The summed E-state index contributed by atoms with van der Waals surface area (Å²) in [6.07, 6.45) is 2.61. The molecule has 0 aromatic carbocycles. The first-order chi connectivity index (χ1) is 8.16. The first-order valence-corrected chi connectivity index (χ1v) is 5.53. The van der Waals surface area contributed by atoms with Crippen LogP contribution in [-0.4, -0.2) is 35.8 Å². The van der Waals surface area contributed by atoms with Gasteiger partial charge >= 0.3 is 0 Å². The summed E-state index contributed by atoms with van der Waals surface area (Å²) in [5.74, 6) is 2.33. The van der Waals surface area contributed by atoms with Crippen LogP contribution in [0.25, 0.3) is 0 Å². The zero-order valence-corrected chi connectivity index (χ0v) is 10.3. The molecule has 0 fully saturated rings. The van der Waals surface area contributed by atoms with E-state index >= 15 is 0 Å². The molecule has 0 amide bonds. The molecule has 2 aromatic rings. The Morgan fingerprint density at radius 2 is 2.29 bits per heavy atom. The highest BCUT2D eigenvalue weighted by atomic mass is 16.3. The van der Waals surface area contributed by atoms with Crippen molar-refractivity contribution < 1.29 is 4.42 Å². The molecule has 0 saturated heterocycles. The van der Waals surface area contributed by atoms with Crippen LogP contribution in [0.5, 0.6) is 0 Å². The third-order valence-corrected chi connectivity index (χ3v) is 2.53. The number of aromatic nitrogens is 3. The highest BCUT2D eigenvalue weighted by molar-refractivity contribution is 5.35. The zero-order valence-electron chi connectivity index (χ0n) is 10.3. The second kappa shape index (κ2) is 4.90. The van der Waals surface area contributed by atoms with Crippen LogP contribution in [0.15, 0.2) is 16.7 Å². The van der Waals surface area contributed by atoms with Crippen molar-refractivity contribution in [2.75, 3.05) is 30.9 Å². The third kappa shape index (κ3) is 2.77. The summed E-state index contributed by atoms with van der Waals surface area (Å²) in [5, 5.41) is 10.1. The molecule has 6 heteroatoms. The van der Waals surface area contributed by atoms with E-state index in [9.17, 15) is 0 Å². The third-order valence-electron chi connectivity index (χ3n) is 2.53. The van der Waals surface area contributed by atoms with Crippen molar-refractivity contribution in [3.05, 3.63) is 23.7 Å². The van der Waals surface area contributed by atoms with Gasteiger partial charge in [0.2, 0.25) is 11.9 Å². The van der Waals surface area contributed by atoms with Gasteiger partial charge in [0.05, 0.1) is 6.26 Å². The number of furan rings is 1. The Kier molecular flexibility index (Phi) is 3.32. The molecule has 2 heterocycles. The summed E-state index contributed by atoms with van der Waals surface area (Å²) in [6, 6.07) is 1.99. The highest BCUT2D eigenvalue weighted by Crippen LogP contribution is 2.10. The fourth-order valence-corrected chi connectivity index (χ4v) is 1.52. The van der Waals surface area contributed by atoms with Crippen LogP contribution < -0.4 is 10.2 Å². The molecular formula is C11H17N5O. The first kappa shape index (κ1) is 11.5. The molecule has 0 aliphatic rings. The molecular weight excluding hydrogens is 218 g/mol. The van der Waals surface area contributed by atoms with Crippen LogP contribution in [0.4, 0.5) is 11.9 Å². The van der Waals surface area contributed by atoms with E-state index in [-0.39, 0.29) is 0 Å². The molecule has 92 valence electrons. The Labute approximate surface area is 100 Å². The Morgan fingerprint density at radius 1 is 1.47 bits per heavy atom. The average Bonchev–Trinajstić information content (AvgIpc) is 2.89. The molecule has 0 radical (unpaired) electrons. The van der Waals surface area contributed by atoms with Crippen LogP contribution in [0.2, 0.25) is 0 Å². The van der Waals surface area contributed by atoms with E-state index in [1.54, 1.807) is 6.26 Å². The van der Waals surface area contributed by atoms with Crippen molar-refractivity contribution in [3.63, 3.8) is 0 Å². The second-order valence-corrected chi connectivity index (χ2v) is 4.06. The van der Waals surface area contributed by atoms with E-state index < -0.39 is 0 Å². The minimum absolute atomic E-state index is 0.673. The summed E-state index contributed by atoms with van der Waals surface area (Å²) in [6.45, 7) is 2.76. The first-order valence-electron chi connectivity index (χ1n) is 5.53. The quantitative estimate of drug-likeness (QED) is 0.820. The fraction of sp³-hybridized carbons (Fsp3) is 0.455. The maximum absolute atomic E-state index is 5.23. The van der Waals surface area contributed by atoms with Crippen molar-refractivity contribution in [2.45, 2.75) is 13.3 Å². The van der Waals surface area contributed by atoms with E-state index in [1.807, 2.05) is 32.0 Å². The summed E-state index contributed by atoms with van der Waals surface area (Å²) >= 11 is 0. The van der Waals surface area contributed by atoms with Gasteiger partial charge in [0.25, 0.3) is 0 Å². The second-order valence-electron chi connectivity index (χ2n) is 4.06. The van der Waals surface area contributed by atoms with Crippen molar-refractivity contribution in [2.24, 2.45) is 0 Å². The maximum Gasteiger partial charge on any atom is 0.245 e. The standard InChI is InChI=1S/C11H17N5O/c1-8-9(5-7-17-8)4-6-12-10-13-11(15-14-10)16(2)3/h5,7H,4,6H2,1-3H3,(H2,12,13,14,15). The smallest absolute Gasteiger partial charge is 0.245 e. The lowest BCUT2D eigenvalue weighted by atomic mass is 10.2. The van der Waals surface area contributed by atoms with Gasteiger partial charge in [-0.2, -0.15) is 4.98 Å². The number of nitrogens with one attached hydrogen (secondary N) is 2. The Hall–Kier alpha value is -1.98. The average molecular weight is 235 g/mol. The summed E-state index contributed by atoms with van der Waals surface area (Å²) in [7, 11) is 3.81. The summed E-state index contributed by atoms with van der Waals surface area (Å²) in [5.41, 5.74) is 1.21. The SMILES string of the molecule is Cc1occc1CCNc1nc(N(C)C)n[nH]1. The lowest BCUT2D eigenvalue weighted by Gasteiger charge is -2.04. The molecule has 0 unspecified atom stereocenters. The zero-order chi connectivity index (χ0) is 12.3. The minimum Gasteiger partial charge on any atom is -0.469 e. The molecule has 2 rings (SSSR count). The number of aromatic amines is 1. The van der Waals surface area contributed by atoms with Crippen molar-refractivity contribution in [1.29, 1.82) is 0 Å². The number of H-pyrrole nitrogens is 1. The predicted molar refractivity (Wildman–Crippen MR) is 66.3 cm³/mol. The molecule has 0 bridgehead atoms. The van der Waals surface area contributed by atoms with E-state index in [4.69, 9.17) is 4.42 Å². The summed E-state index contributed by atoms with van der Waals surface area (Å²) in [4.78, 5) is 6.12. The molecule has 0 saturated carbocycles. The Bertz CT molecular complexity index is 474. The van der Waals surface area contributed by atoms with Gasteiger partial charge in [0, 0.05) is 20.6 Å². The Balaban J connectivity index is 1.84. The van der Waals surface area contributed by atoms with E-state index in [0.29, 0.717) is 11.9 Å². The molecule has 2 N–H and O–H groups in total. The topological polar surface area (TPSA) is 70.0 Å². The van der Waals surface area contributed by atoms with E-state index in [0.717, 1.165) is 18.7 Å². The summed E-state index contributed by atoms with van der Waals surface area (Å²) < 4.78 is 5.23. The predicted octanol–water partition coefficient (Wildman–Crippen LogP) is 1.43. The van der Waals surface area contributed by atoms with E-state index in [1.165, 1.54) is 5.56 Å². The fourth-order valence-electron chi connectivity index (χ4n) is 1.52. The van der Waals surface area contributed by atoms with Gasteiger partial charge in [-0.15, -0.1) is 5.10 Å². The molecule has 0 aliphatic carbocycles. The molecule has 0 atom stereocenters. The number of anilines is 2. The highest BCUT2D eigenvalue weighted by Gasteiger charge is 2.04. The van der Waals surface area contributed by atoms with Crippen molar-refractivity contribution >= 4 is 11.9 Å². The van der Waals surface area contributed by atoms with Gasteiger partial charge in [0.15, 0.2) is 0 Å². The lowest BCUT2D eigenvalue weighted by Crippen LogP contribution is -2.10. The minimum atomic E-state index is 0.673. The molecule has 2 aromatic heterocycles. The van der Waals surface area contributed by atoms with Gasteiger partial charge in [-0.1, -0.05) is 0 Å². The molecule has 17 heavy (non-hydrogen) atoms. The van der Waals surface area contributed by atoms with Crippen LogP contribution in [0.3, 0.4) is 0 Å². The van der Waals surface area contributed by atoms with Crippen LogP contribution in [0.1, 0.15) is 11.3 Å². The van der Waals surface area contributed by atoms with Crippen LogP contribution in [0, 0.1) is 6.92 Å². The van der Waals surface area contributed by atoms with E-state index in [2.05, 4.69) is 20.5 Å². The van der Waals surface area contributed by atoms with Crippen LogP contribution in [-0.2, 0) is 6.42 Å². The van der Waals surface area contributed by atoms with Crippen molar-refractivity contribution in [3.8, 4) is 0 Å². The number of hydrogen-bond donors (Lipinski definition) is 2. The van der Waals surface area contributed by atoms with Gasteiger partial charge in [-0.05, 0) is 25.0 Å². The monoisotopic (exact) mass is 235 g/mol. The van der Waals surface area contributed by atoms with Gasteiger partial charge in [-0.3, -0.25) is 0 Å². The molecule has 0 aliphatic heterocycles. The van der Waals surface area contributed by atoms with Gasteiger partial charge in [-0.25, -0.2) is 5.10 Å². The molecule has 0 spiro atoms. The molecule has 6 nitrogen and oxygen atoms in total. The number of nitrogens with zero attached hydrogens (tertiary/aromatic N) is 3. The van der Waals surface area contributed by atoms with Crippen LogP contribution >= 0.6 is 0 Å².